The first-order valence-corrected chi connectivity index (χ1v) is 20.6. The van der Waals surface area contributed by atoms with Gasteiger partial charge in [-0.1, -0.05) is 169 Å². The van der Waals surface area contributed by atoms with Crippen LogP contribution in [0.15, 0.2) is 163 Å². The maximum absolute atomic E-state index is 2.34. The van der Waals surface area contributed by atoms with Crippen LogP contribution in [0.1, 0.15) is 66.6 Å². The molecule has 57 heavy (non-hydrogen) atoms. The molecule has 0 saturated heterocycles. The maximum atomic E-state index is 2.34. The molecule has 2 aliphatic heterocycles. The zero-order valence-corrected chi connectivity index (χ0v) is 36.0. The zero-order valence-electron chi connectivity index (χ0n) is 36.0. The lowest BCUT2D eigenvalue weighted by molar-refractivity contribution is -0.401. The van der Waals surface area contributed by atoms with Gasteiger partial charge in [-0.15, -0.1) is 0 Å². The van der Waals surface area contributed by atoms with Crippen LogP contribution < -0.4 is 26.8 Å². The van der Waals surface area contributed by atoms with Crippen molar-refractivity contribution in [3.05, 3.63) is 202 Å². The Morgan fingerprint density at radius 2 is 1.02 bits per heavy atom. The molecule has 0 radical (unpaired) electrons. The summed E-state index contributed by atoms with van der Waals surface area (Å²) in [6, 6.07) is 51.2. The Bertz CT molecular complexity index is 2440. The molecule has 0 unspecified atom stereocenters. The average molecular weight is 747 g/mol. The minimum atomic E-state index is -1.29. The van der Waals surface area contributed by atoms with E-state index in [1.807, 2.05) is 0 Å². The number of fused-ring (bicyclic) bond motifs is 2. The summed E-state index contributed by atoms with van der Waals surface area (Å²) in [5.74, 6) is 0. The third-order valence-electron chi connectivity index (χ3n) is 13.1. The lowest BCUT2D eigenvalue weighted by atomic mass is 9.12. The standard InChI is InChI=1S/C27H26B.C27H33N2/c1-21-13-7-10-18-25(21)28(24-16-5-4-6-17-24,26-19-11-8-14-22(26)2)27-20-12-9-15-23(27)3;1-18-12-14-22-20(16-18)26(3,4)24(28(22)7)10-9-11-25-27(5,6)21-17-19(2)13-15-23(21)29(25)8/h4-20H,1-3H3;9-17H,1-8H3/q-1;+1. The van der Waals surface area contributed by atoms with E-state index in [1.165, 1.54) is 83.6 Å². The summed E-state index contributed by atoms with van der Waals surface area (Å²) in [4.78, 5) is 2.34. The molecule has 288 valence electrons. The molecule has 0 spiro atoms. The summed E-state index contributed by atoms with van der Waals surface area (Å²) < 4.78 is 2.34. The van der Waals surface area contributed by atoms with E-state index in [0.717, 1.165) is 0 Å². The van der Waals surface area contributed by atoms with Gasteiger partial charge >= 0.3 is 0 Å². The molecule has 0 N–H and O–H groups in total. The van der Waals surface area contributed by atoms with Gasteiger partial charge in [0, 0.05) is 41.6 Å². The van der Waals surface area contributed by atoms with Crippen molar-refractivity contribution in [2.24, 2.45) is 0 Å². The third-order valence-corrected chi connectivity index (χ3v) is 13.1. The van der Waals surface area contributed by atoms with E-state index in [-0.39, 0.29) is 10.8 Å². The van der Waals surface area contributed by atoms with Crippen LogP contribution in [0.25, 0.3) is 0 Å². The smallest absolute Gasteiger partial charge is 0.209 e. The number of benzene rings is 6. The molecule has 3 heteroatoms. The second-order valence-corrected chi connectivity index (χ2v) is 17.6. The number of aryl methyl sites for hydroxylation is 5. The lowest BCUT2D eigenvalue weighted by Crippen LogP contribution is -2.76. The molecule has 0 amide bonds. The van der Waals surface area contributed by atoms with Crippen molar-refractivity contribution in [1.82, 2.24) is 0 Å². The summed E-state index contributed by atoms with van der Waals surface area (Å²) in [5.41, 5.74) is 20.3. The largest absolute Gasteiger partial charge is 0.347 e. The number of hydrogen-bond donors (Lipinski definition) is 0. The quantitative estimate of drug-likeness (QED) is 0.122. The molecule has 6 aromatic rings. The SMILES string of the molecule is Cc1ccc2c(c1)C(C)(C)C(/C=C/C=C1/N(C)c3ccc(C)cc3C1(C)C)=[N+]2C.Cc1ccccc1[B-](c1ccccc1)(c1ccccc1C)c1ccccc1C. The Labute approximate surface area is 342 Å². The Morgan fingerprint density at radius 3 is 1.54 bits per heavy atom. The minimum Gasteiger partial charge on any atom is -0.347 e. The Morgan fingerprint density at radius 1 is 0.544 bits per heavy atom. The van der Waals surface area contributed by atoms with Crippen molar-refractivity contribution in [3.63, 3.8) is 0 Å². The van der Waals surface area contributed by atoms with Crippen LogP contribution in [0.2, 0.25) is 0 Å². The number of rotatable bonds is 6. The number of anilines is 1. The predicted molar refractivity (Wildman–Crippen MR) is 249 cm³/mol. The van der Waals surface area contributed by atoms with E-state index >= 15 is 0 Å². The van der Waals surface area contributed by atoms with Gasteiger partial charge in [0.15, 0.2) is 5.71 Å². The lowest BCUT2D eigenvalue weighted by Gasteiger charge is -2.47. The highest BCUT2D eigenvalue weighted by Gasteiger charge is 2.43. The van der Waals surface area contributed by atoms with E-state index < -0.39 is 6.15 Å². The van der Waals surface area contributed by atoms with Crippen molar-refractivity contribution >= 4 is 45.1 Å². The molecular weight excluding hydrogens is 687 g/mol. The first-order valence-electron chi connectivity index (χ1n) is 20.6. The molecule has 2 aliphatic rings. The number of hydrogen-bond acceptors (Lipinski definition) is 1. The van der Waals surface area contributed by atoms with Crippen LogP contribution in [-0.4, -0.2) is 30.5 Å². The van der Waals surface area contributed by atoms with Gasteiger partial charge in [-0.2, -0.15) is 26.4 Å². The fraction of sp³-hybridized carbons (Fsp3) is 0.241. The normalized spacial score (nSPS) is 16.1. The second-order valence-electron chi connectivity index (χ2n) is 17.6. The van der Waals surface area contributed by atoms with Crippen LogP contribution in [0.5, 0.6) is 0 Å². The van der Waals surface area contributed by atoms with Crippen molar-refractivity contribution in [1.29, 1.82) is 0 Å². The molecule has 0 bridgehead atoms. The van der Waals surface area contributed by atoms with E-state index in [1.54, 1.807) is 0 Å². The van der Waals surface area contributed by atoms with Crippen LogP contribution >= 0.6 is 0 Å². The second kappa shape index (κ2) is 15.4. The molecule has 8 rings (SSSR count). The summed E-state index contributed by atoms with van der Waals surface area (Å²) in [6.45, 7) is 20.4. The van der Waals surface area contributed by atoms with Gasteiger partial charge in [0.1, 0.15) is 13.2 Å². The summed E-state index contributed by atoms with van der Waals surface area (Å²) in [5, 5.41) is 0. The van der Waals surface area contributed by atoms with Gasteiger partial charge in [0.2, 0.25) is 5.69 Å². The third kappa shape index (κ3) is 6.82. The highest BCUT2D eigenvalue weighted by atomic mass is 15.2. The van der Waals surface area contributed by atoms with E-state index in [2.05, 4.69) is 244 Å². The van der Waals surface area contributed by atoms with Crippen molar-refractivity contribution in [2.45, 2.75) is 73.1 Å². The molecular formula is C54H59BN2. The monoisotopic (exact) mass is 746 g/mol. The molecule has 0 aliphatic carbocycles. The van der Waals surface area contributed by atoms with Gasteiger partial charge in [0.25, 0.3) is 0 Å². The molecule has 0 atom stereocenters. The molecule has 2 nitrogen and oxygen atoms in total. The van der Waals surface area contributed by atoms with E-state index in [4.69, 9.17) is 0 Å². The average Bonchev–Trinajstić information content (AvgIpc) is 3.50. The van der Waals surface area contributed by atoms with E-state index in [9.17, 15) is 0 Å². The van der Waals surface area contributed by atoms with Gasteiger partial charge in [0.05, 0.1) is 5.41 Å². The summed E-state index contributed by atoms with van der Waals surface area (Å²) >= 11 is 0. The van der Waals surface area contributed by atoms with Crippen LogP contribution in [0.3, 0.4) is 0 Å². The highest BCUT2D eigenvalue weighted by Crippen LogP contribution is 2.47. The molecule has 0 aromatic heterocycles. The van der Waals surface area contributed by atoms with Crippen molar-refractivity contribution < 1.29 is 4.58 Å². The Balaban J connectivity index is 0.000000174. The number of allylic oxidation sites excluding steroid dienone is 4. The van der Waals surface area contributed by atoms with Crippen molar-refractivity contribution in [2.75, 3.05) is 19.0 Å². The van der Waals surface area contributed by atoms with Crippen molar-refractivity contribution in [3.8, 4) is 0 Å². The van der Waals surface area contributed by atoms with E-state index in [0.29, 0.717) is 0 Å². The number of nitrogens with zero attached hydrogens (tertiary/aromatic N) is 2. The topological polar surface area (TPSA) is 6.25 Å². The van der Waals surface area contributed by atoms with Gasteiger partial charge in [-0.25, -0.2) is 0 Å². The van der Waals surface area contributed by atoms with Crippen LogP contribution in [0, 0.1) is 34.6 Å². The first-order chi connectivity index (χ1) is 27.2. The molecule has 0 fully saturated rings. The van der Waals surface area contributed by atoms with Crippen LogP contribution in [0.4, 0.5) is 11.4 Å². The fourth-order valence-corrected chi connectivity index (χ4v) is 10.1. The minimum absolute atomic E-state index is 0.00226. The Kier molecular flexibility index (Phi) is 10.7. The Hall–Kier alpha value is -5.67. The summed E-state index contributed by atoms with van der Waals surface area (Å²) in [6.07, 6.45) is 5.53. The van der Waals surface area contributed by atoms with Gasteiger partial charge in [-0.3, -0.25) is 0 Å². The highest BCUT2D eigenvalue weighted by molar-refractivity contribution is 7.20. The predicted octanol–water partition coefficient (Wildman–Crippen LogP) is 10.2. The maximum Gasteiger partial charge on any atom is 0.209 e. The van der Waals surface area contributed by atoms with Crippen LogP contribution in [-0.2, 0) is 10.8 Å². The van der Waals surface area contributed by atoms with Gasteiger partial charge in [-0.05, 0) is 72.2 Å². The molecule has 0 saturated carbocycles. The molecule has 6 aromatic carbocycles. The summed E-state index contributed by atoms with van der Waals surface area (Å²) in [7, 11) is 4.36. The van der Waals surface area contributed by atoms with Gasteiger partial charge < -0.3 is 4.90 Å². The molecule has 2 heterocycles. The first kappa shape index (κ1) is 39.6. The number of likely N-dealkylation sites (N-methyl/N-ethyl adjacent to an activating group) is 1. The fourth-order valence-electron chi connectivity index (χ4n) is 10.1. The zero-order chi connectivity index (χ0) is 40.7.